The number of aromatic nitrogens is 1. The number of hydrogen-bond donors (Lipinski definition) is 0. The van der Waals surface area contributed by atoms with E-state index in [0.717, 1.165) is 66.8 Å². The Balaban J connectivity index is 1.14. The minimum absolute atomic E-state index is 0.612. The van der Waals surface area contributed by atoms with Gasteiger partial charge in [0.05, 0.1) is 16.7 Å². The summed E-state index contributed by atoms with van der Waals surface area (Å²) in [7, 11) is 0. The molecule has 10 aromatic rings. The molecular formula is C47H27N3OS. The second kappa shape index (κ2) is 11.4. The number of fused-ring (bicyclic) bond motifs is 9. The zero-order valence-corrected chi connectivity index (χ0v) is 28.6. The SMILES string of the molecule is C1=CC(c2ccccc2)=NC(c2cccc3oc4ccc(-n5c6ccccc6c6ccccc65)cc4c23)=NC=1c1ccc2sc3ccccc3c2c1. The quantitative estimate of drug-likeness (QED) is 0.171. The summed E-state index contributed by atoms with van der Waals surface area (Å²) in [6.07, 6.45) is 1.96. The summed E-state index contributed by atoms with van der Waals surface area (Å²) < 4.78 is 11.4. The van der Waals surface area contributed by atoms with Crippen LogP contribution in [-0.4, -0.2) is 16.1 Å². The van der Waals surface area contributed by atoms with Crippen molar-refractivity contribution in [3.05, 3.63) is 186 Å². The number of furan rings is 1. The highest BCUT2D eigenvalue weighted by molar-refractivity contribution is 7.25. The third-order valence-corrected chi connectivity index (χ3v) is 11.2. The van der Waals surface area contributed by atoms with E-state index in [1.165, 1.54) is 30.9 Å². The zero-order valence-electron chi connectivity index (χ0n) is 27.7. The number of nitrogens with zero attached hydrogens (tertiary/aromatic N) is 3. The van der Waals surface area contributed by atoms with Gasteiger partial charge in [0.1, 0.15) is 16.9 Å². The number of aliphatic imine (C=N–C) groups is 2. The lowest BCUT2D eigenvalue weighted by atomic mass is 10.0. The maximum Gasteiger partial charge on any atom is 0.161 e. The summed E-state index contributed by atoms with van der Waals surface area (Å²) in [6, 6.07) is 55.2. The smallest absolute Gasteiger partial charge is 0.161 e. The first-order valence-electron chi connectivity index (χ1n) is 17.3. The molecule has 0 spiro atoms. The molecule has 0 amide bonds. The van der Waals surface area contributed by atoms with Crippen LogP contribution in [0.15, 0.2) is 184 Å². The van der Waals surface area contributed by atoms with Gasteiger partial charge >= 0.3 is 0 Å². The number of benzene rings is 7. The molecule has 4 heterocycles. The molecule has 5 heteroatoms. The summed E-state index contributed by atoms with van der Waals surface area (Å²) in [5, 5.41) is 6.92. The highest BCUT2D eigenvalue weighted by Crippen LogP contribution is 2.39. The summed E-state index contributed by atoms with van der Waals surface area (Å²) >= 11 is 1.81. The van der Waals surface area contributed by atoms with Gasteiger partial charge in [0, 0.05) is 70.2 Å². The molecule has 11 rings (SSSR count). The summed E-state index contributed by atoms with van der Waals surface area (Å²) in [6.45, 7) is 0. The second-order valence-corrected chi connectivity index (χ2v) is 14.2. The van der Waals surface area contributed by atoms with E-state index in [9.17, 15) is 0 Å². The lowest BCUT2D eigenvalue weighted by Crippen LogP contribution is -2.04. The Kier molecular flexibility index (Phi) is 6.34. The molecular weight excluding hydrogens is 655 g/mol. The van der Waals surface area contributed by atoms with Crippen LogP contribution in [0.3, 0.4) is 0 Å². The van der Waals surface area contributed by atoms with Gasteiger partial charge in [0.15, 0.2) is 5.84 Å². The van der Waals surface area contributed by atoms with Crippen molar-refractivity contribution in [2.45, 2.75) is 0 Å². The van der Waals surface area contributed by atoms with Crippen LogP contribution < -0.4 is 0 Å². The van der Waals surface area contributed by atoms with Crippen LogP contribution >= 0.6 is 11.3 Å². The average Bonchev–Trinajstić information content (AvgIpc) is 3.81. The fraction of sp³-hybridized carbons (Fsp3) is 0. The molecule has 0 saturated heterocycles. The van der Waals surface area contributed by atoms with Crippen molar-refractivity contribution in [2.75, 3.05) is 0 Å². The van der Waals surface area contributed by atoms with Crippen LogP contribution in [0.4, 0.5) is 0 Å². The van der Waals surface area contributed by atoms with Crippen molar-refractivity contribution in [3.63, 3.8) is 0 Å². The minimum Gasteiger partial charge on any atom is -0.456 e. The highest BCUT2D eigenvalue weighted by Gasteiger charge is 2.20. The third-order valence-electron chi connectivity index (χ3n) is 10.1. The number of para-hydroxylation sites is 2. The van der Waals surface area contributed by atoms with E-state index in [2.05, 4.69) is 138 Å². The Morgan fingerprint density at radius 2 is 1.25 bits per heavy atom. The van der Waals surface area contributed by atoms with Gasteiger partial charge in [0.25, 0.3) is 0 Å². The van der Waals surface area contributed by atoms with Gasteiger partial charge < -0.3 is 8.98 Å². The van der Waals surface area contributed by atoms with Gasteiger partial charge in [-0.05, 0) is 54.6 Å². The van der Waals surface area contributed by atoms with Crippen LogP contribution in [0.1, 0.15) is 16.7 Å². The molecule has 0 saturated carbocycles. The third kappa shape index (κ3) is 4.47. The lowest BCUT2D eigenvalue weighted by molar-refractivity contribution is 0.669. The molecule has 7 aromatic carbocycles. The van der Waals surface area contributed by atoms with Crippen LogP contribution in [-0.2, 0) is 0 Å². The van der Waals surface area contributed by atoms with E-state index in [1.54, 1.807) is 0 Å². The van der Waals surface area contributed by atoms with Crippen molar-refractivity contribution in [3.8, 4) is 5.69 Å². The number of hydrogen-bond acceptors (Lipinski definition) is 4. The van der Waals surface area contributed by atoms with Gasteiger partial charge in [-0.1, -0.05) is 109 Å². The number of rotatable bonds is 4. The molecule has 4 nitrogen and oxygen atoms in total. The molecule has 0 aliphatic carbocycles. The van der Waals surface area contributed by atoms with Crippen LogP contribution in [0.5, 0.6) is 0 Å². The highest BCUT2D eigenvalue weighted by atomic mass is 32.1. The average molecular weight is 682 g/mol. The first kappa shape index (κ1) is 29.0. The molecule has 242 valence electrons. The maximum absolute atomic E-state index is 6.52. The molecule has 3 aromatic heterocycles. The first-order valence-corrected chi connectivity index (χ1v) is 18.1. The Morgan fingerprint density at radius 1 is 0.519 bits per heavy atom. The van der Waals surface area contributed by atoms with Gasteiger partial charge in [-0.25, -0.2) is 9.98 Å². The Hall–Kier alpha value is -6.78. The standard InChI is InChI=1S/C47H27N3OS/c1-2-11-29(12-3-1)38-23-24-39(30-21-26-45-36(27-30)34-15-6-9-20-44(34)52-45)49-47(48-38)35-16-10-19-43-46(35)37-28-31(22-25-42(37)51-43)50-40-17-7-4-13-32(40)33-14-5-8-18-41(33)50/h1-23,25-28H. The van der Waals surface area contributed by atoms with Crippen molar-refractivity contribution < 1.29 is 4.42 Å². The molecule has 1 aliphatic rings. The van der Waals surface area contributed by atoms with E-state index < -0.39 is 0 Å². The van der Waals surface area contributed by atoms with Gasteiger partial charge in [-0.15, -0.1) is 11.3 Å². The van der Waals surface area contributed by atoms with Crippen molar-refractivity contribution in [1.82, 2.24) is 4.57 Å². The molecule has 0 bridgehead atoms. The second-order valence-electron chi connectivity index (χ2n) is 13.1. The summed E-state index contributed by atoms with van der Waals surface area (Å²) in [5.74, 6) is 0.612. The summed E-state index contributed by atoms with van der Waals surface area (Å²) in [4.78, 5) is 10.6. The van der Waals surface area contributed by atoms with E-state index in [4.69, 9.17) is 14.4 Å². The Morgan fingerprint density at radius 3 is 2.08 bits per heavy atom. The van der Waals surface area contributed by atoms with Crippen LogP contribution in [0.25, 0.3) is 75.3 Å². The predicted molar refractivity (Wildman–Crippen MR) is 218 cm³/mol. The maximum atomic E-state index is 6.52. The number of amidine groups is 1. The number of thiophene rings is 1. The molecule has 0 radical (unpaired) electrons. The Bertz CT molecular complexity index is 3170. The molecule has 0 N–H and O–H groups in total. The van der Waals surface area contributed by atoms with E-state index >= 15 is 0 Å². The van der Waals surface area contributed by atoms with Gasteiger partial charge in [0.2, 0.25) is 0 Å². The molecule has 0 unspecified atom stereocenters. The van der Waals surface area contributed by atoms with Gasteiger partial charge in [-0.2, -0.15) is 0 Å². The first-order chi connectivity index (χ1) is 25.8. The van der Waals surface area contributed by atoms with Crippen LogP contribution in [0.2, 0.25) is 0 Å². The molecule has 1 aliphatic heterocycles. The molecule has 52 heavy (non-hydrogen) atoms. The topological polar surface area (TPSA) is 42.8 Å². The van der Waals surface area contributed by atoms with Crippen LogP contribution in [0, 0.1) is 0 Å². The van der Waals surface area contributed by atoms with E-state index in [-0.39, 0.29) is 0 Å². The molecule has 0 atom stereocenters. The van der Waals surface area contributed by atoms with Crippen molar-refractivity contribution in [1.29, 1.82) is 0 Å². The fourth-order valence-electron chi connectivity index (χ4n) is 7.69. The summed E-state index contributed by atoms with van der Waals surface area (Å²) in [5.41, 5.74) is 13.0. The fourth-order valence-corrected chi connectivity index (χ4v) is 8.77. The molecule has 0 fully saturated rings. The van der Waals surface area contributed by atoms with Gasteiger partial charge in [-0.3, -0.25) is 0 Å². The van der Waals surface area contributed by atoms with Crippen molar-refractivity contribution >= 4 is 92.5 Å². The Labute approximate surface area is 302 Å². The predicted octanol–water partition coefficient (Wildman–Crippen LogP) is 12.5. The van der Waals surface area contributed by atoms with E-state index in [0.29, 0.717) is 5.84 Å². The largest absolute Gasteiger partial charge is 0.456 e. The van der Waals surface area contributed by atoms with E-state index in [1.807, 2.05) is 47.7 Å². The lowest BCUT2D eigenvalue weighted by Gasteiger charge is -2.09. The minimum atomic E-state index is 0.612. The zero-order chi connectivity index (χ0) is 34.2. The monoisotopic (exact) mass is 681 g/mol. The van der Waals surface area contributed by atoms with Crippen molar-refractivity contribution in [2.24, 2.45) is 9.98 Å². The number of allylic oxidation sites excluding steroid dienone is 1. The normalized spacial score (nSPS) is 13.3.